The van der Waals surface area contributed by atoms with E-state index in [1.54, 1.807) is 57.9 Å². The molecule has 1 aromatic carbocycles. The predicted octanol–water partition coefficient (Wildman–Crippen LogP) is 4.38. The molecule has 0 aliphatic carbocycles. The zero-order valence-corrected chi connectivity index (χ0v) is 46.7. The molecule has 3 saturated heterocycles. The summed E-state index contributed by atoms with van der Waals surface area (Å²) in [4.78, 5) is 16.6. The van der Waals surface area contributed by atoms with Crippen LogP contribution in [0.25, 0.3) is 5.69 Å². The van der Waals surface area contributed by atoms with Crippen LogP contribution in [0.3, 0.4) is 0 Å². The van der Waals surface area contributed by atoms with Crippen molar-refractivity contribution in [3.05, 3.63) is 54.1 Å². The first-order valence-corrected chi connectivity index (χ1v) is 26.5. The molecule has 0 amide bonds. The second-order valence-corrected chi connectivity index (χ2v) is 22.0. The fourth-order valence-corrected chi connectivity index (χ4v) is 11.7. The van der Waals surface area contributed by atoms with Gasteiger partial charge in [0.1, 0.15) is 42.7 Å². The number of esters is 1. The number of ether oxygens (including phenoxy) is 8. The van der Waals surface area contributed by atoms with E-state index in [-0.39, 0.29) is 25.0 Å². The monoisotopic (exact) mass is 1080 g/mol. The van der Waals surface area contributed by atoms with Gasteiger partial charge in [0.05, 0.1) is 77.1 Å². The number of benzene rings is 1. The van der Waals surface area contributed by atoms with Crippen molar-refractivity contribution in [2.45, 2.75) is 198 Å². The molecule has 0 bridgehead atoms. The van der Waals surface area contributed by atoms with Crippen LogP contribution in [0.5, 0.6) is 0 Å². The Balaban J connectivity index is 1.29. The molecule has 76 heavy (non-hydrogen) atoms. The normalized spacial score (nSPS) is 38.7. The van der Waals surface area contributed by atoms with Gasteiger partial charge in [0.25, 0.3) is 0 Å². The van der Waals surface area contributed by atoms with Crippen LogP contribution in [0.2, 0.25) is 0 Å². The highest BCUT2D eigenvalue weighted by atomic mass is 19.1. The number of hydrogen-bond acceptors (Lipinski definition) is 20. The van der Waals surface area contributed by atoms with E-state index in [4.69, 9.17) is 37.9 Å². The highest BCUT2D eigenvalue weighted by Crippen LogP contribution is 2.42. The van der Waals surface area contributed by atoms with Crippen LogP contribution in [0.1, 0.15) is 118 Å². The largest absolute Gasteiger partial charge is 0.459 e. The SMILES string of the molecule is CC[C@H]1OC(=O)[C@H](C)[C@@H](O[C@H]2C[C@@](C)(OC)[C@@H](O)[C@H](C)O2)[C@H](C)[C@@H](O[C@@H]2O[C@H](C)C[C@H](N(C)CCc3cn([C@H](CF)[C@H](OC)c4ccc(-n5ccnn5)cc4)nn3)[C@H]2O)[C@](C)(OC)C[C@@H](C)/C(=N\O)[C@H](C)[C@@H](O)[C@]1(C)O. The quantitative estimate of drug-likeness (QED) is 0.0713. The van der Waals surface area contributed by atoms with Crippen LogP contribution in [-0.2, 0) is 49.1 Å². The summed E-state index contributed by atoms with van der Waals surface area (Å²) in [6, 6.07) is 6.08. The Hall–Kier alpha value is -4.11. The van der Waals surface area contributed by atoms with Crippen molar-refractivity contribution in [1.82, 2.24) is 34.9 Å². The number of likely N-dealkylation sites (N-methyl/N-ethyl adjacent to an activating group) is 1. The topological polar surface area (TPSA) is 269 Å². The van der Waals surface area contributed by atoms with Crippen LogP contribution in [0.15, 0.2) is 48.0 Å². The summed E-state index contributed by atoms with van der Waals surface area (Å²) in [6.45, 7) is 16.8. The van der Waals surface area contributed by atoms with E-state index in [0.717, 1.165) is 11.3 Å². The summed E-state index contributed by atoms with van der Waals surface area (Å²) in [6.07, 6.45) is -5.12. The second-order valence-electron chi connectivity index (χ2n) is 22.0. The van der Waals surface area contributed by atoms with E-state index >= 15 is 0 Å². The maximum atomic E-state index is 14.9. The van der Waals surface area contributed by atoms with Gasteiger partial charge in [-0.05, 0) is 85.5 Å². The van der Waals surface area contributed by atoms with E-state index in [1.165, 1.54) is 32.9 Å². The lowest BCUT2D eigenvalue weighted by atomic mass is 9.73. The van der Waals surface area contributed by atoms with Gasteiger partial charge in [-0.25, -0.2) is 13.8 Å². The third kappa shape index (κ3) is 13.1. The van der Waals surface area contributed by atoms with E-state index in [1.807, 2.05) is 63.9 Å². The van der Waals surface area contributed by atoms with Crippen molar-refractivity contribution in [3.63, 3.8) is 0 Å². The summed E-state index contributed by atoms with van der Waals surface area (Å²) in [5, 5.41) is 78.1. The molecular formula is C53H85FN8O14. The van der Waals surface area contributed by atoms with Gasteiger partial charge in [0.15, 0.2) is 12.6 Å². The number of methoxy groups -OCH3 is 3. The average Bonchev–Trinajstić information content (AvgIpc) is 4.12. The molecule has 6 rings (SSSR count). The third-order valence-electron chi connectivity index (χ3n) is 16.6. The molecule has 3 aliphatic heterocycles. The molecular weight excluding hydrogens is 992 g/mol. The number of carbonyl (C=O) groups excluding carboxylic acids is 1. The van der Waals surface area contributed by atoms with Crippen molar-refractivity contribution < 1.29 is 72.7 Å². The number of rotatable bonds is 17. The molecule has 22 nitrogen and oxygen atoms in total. The minimum atomic E-state index is -1.99. The number of aromatic nitrogens is 6. The number of cyclic esters (lactones) is 1. The third-order valence-corrected chi connectivity index (χ3v) is 16.6. The summed E-state index contributed by atoms with van der Waals surface area (Å²) in [5.74, 6) is -4.19. The van der Waals surface area contributed by atoms with Gasteiger partial charge in [-0.1, -0.05) is 55.4 Å². The van der Waals surface area contributed by atoms with Crippen molar-refractivity contribution in [1.29, 1.82) is 0 Å². The summed E-state index contributed by atoms with van der Waals surface area (Å²) < 4.78 is 68.8. The van der Waals surface area contributed by atoms with Gasteiger partial charge in [-0.15, -0.1) is 10.2 Å². The number of aliphatic hydroxyl groups excluding tert-OH is 3. The smallest absolute Gasteiger partial charge is 0.311 e. The van der Waals surface area contributed by atoms with Gasteiger partial charge >= 0.3 is 5.97 Å². The Morgan fingerprint density at radius 3 is 2.21 bits per heavy atom. The molecule has 3 fully saturated rings. The minimum absolute atomic E-state index is 0.0773. The highest BCUT2D eigenvalue weighted by Gasteiger charge is 2.54. The van der Waals surface area contributed by atoms with E-state index in [0.29, 0.717) is 25.1 Å². The lowest BCUT2D eigenvalue weighted by Gasteiger charge is -2.50. The van der Waals surface area contributed by atoms with Gasteiger partial charge in [0.2, 0.25) is 0 Å². The predicted molar refractivity (Wildman–Crippen MR) is 274 cm³/mol. The minimum Gasteiger partial charge on any atom is -0.459 e. The molecule has 0 spiro atoms. The van der Waals surface area contributed by atoms with E-state index < -0.39 is 133 Å². The number of alkyl halides is 1. The van der Waals surface area contributed by atoms with Crippen molar-refractivity contribution >= 4 is 11.7 Å². The first-order chi connectivity index (χ1) is 35.9. The van der Waals surface area contributed by atoms with Crippen LogP contribution >= 0.6 is 0 Å². The number of oxime groups is 1. The fourth-order valence-electron chi connectivity index (χ4n) is 11.7. The molecule has 0 saturated carbocycles. The van der Waals surface area contributed by atoms with Crippen LogP contribution < -0.4 is 0 Å². The number of aliphatic hydroxyl groups is 4. The standard InChI is InChI=1S/C53H85FN8O14/c1-15-40-53(10,67)46(64)31(4)42(57-68)29(2)25-52(9,71-14)48(32(5)44(33(6)49(66)74-40)75-41-26-51(8,70-13)47(65)34(7)73-41)76-50-43(63)38(24-30(3)72-50)60(11)22-20-36-28-62(59-56-36)39(27-54)45(69-12)35-16-18-37(19-17-35)61-23-21-55-58-61/h16-19,21,23,28-34,38-41,43-48,50,63-65,67-68H,15,20,22,24-27H2,1-14H3/b57-42+/t29-,30-,31+,32+,33-,34+,38+,39-,40-,41+,43-,44+,45-,46-,47+,48-,50+,51-,52-,53-/m1/s1. The number of nitrogens with zero attached hydrogens (tertiary/aromatic N) is 8. The zero-order chi connectivity index (χ0) is 56.0. The van der Waals surface area contributed by atoms with Crippen molar-refractivity contribution in [2.75, 3.05) is 41.6 Å². The Morgan fingerprint density at radius 1 is 0.934 bits per heavy atom. The maximum absolute atomic E-state index is 14.9. The Bertz CT molecular complexity index is 2310. The van der Waals surface area contributed by atoms with Gasteiger partial charge in [0, 0.05) is 70.7 Å². The number of halogens is 1. The molecule has 20 atom stereocenters. The lowest BCUT2D eigenvalue weighted by Crippen LogP contribution is -2.61. The highest BCUT2D eigenvalue weighted by molar-refractivity contribution is 5.88. The summed E-state index contributed by atoms with van der Waals surface area (Å²) in [7, 11) is 6.40. The van der Waals surface area contributed by atoms with Gasteiger partial charge < -0.3 is 68.4 Å². The molecule has 2 aromatic heterocycles. The van der Waals surface area contributed by atoms with Crippen molar-refractivity contribution in [3.8, 4) is 5.69 Å². The summed E-state index contributed by atoms with van der Waals surface area (Å²) in [5.41, 5.74) is -2.14. The summed E-state index contributed by atoms with van der Waals surface area (Å²) >= 11 is 0. The number of carbonyl (C=O) groups is 1. The average molecular weight is 1080 g/mol. The Morgan fingerprint density at radius 2 is 1.62 bits per heavy atom. The molecule has 5 N–H and O–H groups in total. The first-order valence-electron chi connectivity index (χ1n) is 26.5. The van der Waals surface area contributed by atoms with E-state index in [2.05, 4.69) is 25.8 Å². The molecule has 23 heteroatoms. The second kappa shape index (κ2) is 25.8. The molecule has 0 unspecified atom stereocenters. The molecule has 3 aromatic rings. The zero-order valence-electron chi connectivity index (χ0n) is 46.7. The van der Waals surface area contributed by atoms with Crippen LogP contribution in [0, 0.1) is 23.7 Å². The van der Waals surface area contributed by atoms with Crippen LogP contribution in [0.4, 0.5) is 4.39 Å². The van der Waals surface area contributed by atoms with Gasteiger partial charge in [-0.2, -0.15) is 0 Å². The van der Waals surface area contributed by atoms with Gasteiger partial charge in [-0.3, -0.25) is 4.79 Å². The van der Waals surface area contributed by atoms with E-state index in [9.17, 15) is 34.8 Å². The molecule has 0 radical (unpaired) electrons. The molecule has 5 heterocycles. The Kier molecular flexibility index (Phi) is 20.7. The fraction of sp³-hybridized carbons (Fsp3) is 0.774. The molecule has 428 valence electrons. The maximum Gasteiger partial charge on any atom is 0.311 e. The first kappa shape index (κ1) is 61.1. The lowest BCUT2D eigenvalue weighted by molar-refractivity contribution is -0.319. The van der Waals surface area contributed by atoms with Crippen LogP contribution in [-0.4, -0.2) is 198 Å². The van der Waals surface area contributed by atoms with Crippen molar-refractivity contribution in [2.24, 2.45) is 28.8 Å². The number of hydrogen-bond donors (Lipinski definition) is 5. The Labute approximate surface area is 446 Å². The molecule has 3 aliphatic rings.